The third-order valence-electron chi connectivity index (χ3n) is 4.46. The van der Waals surface area contributed by atoms with Crippen LogP contribution < -0.4 is 11.1 Å². The first-order valence-electron chi connectivity index (χ1n) is 7.50. The molecule has 19 heavy (non-hydrogen) atoms. The monoisotopic (exact) mass is 289 g/mol. The van der Waals surface area contributed by atoms with Crippen LogP contribution in [0.5, 0.6) is 0 Å². The molecule has 0 atom stereocenters. The van der Waals surface area contributed by atoms with Crippen LogP contribution in [0.3, 0.4) is 0 Å². The molecule has 3 N–H and O–H groups in total. The van der Waals surface area contributed by atoms with Gasteiger partial charge in [0.15, 0.2) is 0 Å². The van der Waals surface area contributed by atoms with Crippen molar-refractivity contribution in [3.8, 4) is 0 Å². The summed E-state index contributed by atoms with van der Waals surface area (Å²) < 4.78 is 25.2. The van der Waals surface area contributed by atoms with Gasteiger partial charge in [0.05, 0.1) is 5.75 Å². The first-order valence-corrected chi connectivity index (χ1v) is 9.11. The Morgan fingerprint density at radius 1 is 1.05 bits per heavy atom. The number of piperidine rings is 1. The molecule has 0 aromatic carbocycles. The van der Waals surface area contributed by atoms with Gasteiger partial charge in [-0.3, -0.25) is 0 Å². The van der Waals surface area contributed by atoms with Gasteiger partial charge in [-0.05, 0) is 45.4 Å². The summed E-state index contributed by atoms with van der Waals surface area (Å²) in [5.74, 6) is 0.214. The van der Waals surface area contributed by atoms with E-state index in [1.807, 2.05) is 0 Å². The van der Waals surface area contributed by atoms with Crippen LogP contribution in [0.15, 0.2) is 0 Å². The van der Waals surface area contributed by atoms with Crippen molar-refractivity contribution in [3.63, 3.8) is 0 Å². The Kier molecular flexibility index (Phi) is 5.22. The number of rotatable bonds is 4. The molecule has 0 unspecified atom stereocenters. The fraction of sp³-hybridized carbons (Fsp3) is 1.00. The molecule has 2 aliphatic rings. The first kappa shape index (κ1) is 15.2. The lowest BCUT2D eigenvalue weighted by Crippen LogP contribution is -2.49. The predicted octanol–water partition coefficient (Wildman–Crippen LogP) is 0.660. The van der Waals surface area contributed by atoms with Crippen LogP contribution in [-0.2, 0) is 10.0 Å². The molecule has 2 rings (SSSR count). The number of sulfonamides is 1. The molecular weight excluding hydrogens is 262 g/mol. The second-order valence-electron chi connectivity index (χ2n) is 5.85. The van der Waals surface area contributed by atoms with Crippen LogP contribution in [0.25, 0.3) is 0 Å². The maximum absolute atomic E-state index is 11.8. The van der Waals surface area contributed by atoms with E-state index >= 15 is 0 Å². The second-order valence-corrected chi connectivity index (χ2v) is 8.11. The summed E-state index contributed by atoms with van der Waals surface area (Å²) in [6.45, 7) is 3.05. The molecule has 1 heterocycles. The van der Waals surface area contributed by atoms with E-state index in [4.69, 9.17) is 5.73 Å². The van der Waals surface area contributed by atoms with Crippen molar-refractivity contribution in [2.24, 2.45) is 5.73 Å². The molecule has 1 aliphatic heterocycles. The molecule has 1 saturated heterocycles. The highest BCUT2D eigenvalue weighted by Gasteiger charge is 2.28. The smallest absolute Gasteiger partial charge is 0.213 e. The van der Waals surface area contributed by atoms with Gasteiger partial charge in [0.25, 0.3) is 0 Å². The third-order valence-corrected chi connectivity index (χ3v) is 6.34. The van der Waals surface area contributed by atoms with Gasteiger partial charge in [-0.25, -0.2) is 12.7 Å². The van der Waals surface area contributed by atoms with Gasteiger partial charge in [0, 0.05) is 31.2 Å². The van der Waals surface area contributed by atoms with Gasteiger partial charge in [0.1, 0.15) is 0 Å². The Morgan fingerprint density at radius 2 is 1.58 bits per heavy atom. The first-order chi connectivity index (χ1) is 9.01. The number of nitrogens with two attached hydrogens (primary N) is 1. The fourth-order valence-corrected chi connectivity index (χ4v) is 4.23. The number of hydrogen-bond donors (Lipinski definition) is 2. The van der Waals surface area contributed by atoms with Crippen LogP contribution in [0.4, 0.5) is 0 Å². The van der Waals surface area contributed by atoms with Gasteiger partial charge in [-0.15, -0.1) is 0 Å². The zero-order valence-electron chi connectivity index (χ0n) is 11.8. The molecule has 0 spiro atoms. The highest BCUT2D eigenvalue weighted by atomic mass is 32.2. The number of hydrogen-bond acceptors (Lipinski definition) is 4. The molecule has 0 amide bonds. The van der Waals surface area contributed by atoms with Crippen molar-refractivity contribution >= 4 is 10.0 Å². The molecule has 1 saturated carbocycles. The van der Waals surface area contributed by atoms with Crippen molar-refractivity contribution in [2.45, 2.75) is 63.6 Å². The summed E-state index contributed by atoms with van der Waals surface area (Å²) in [6.07, 6.45) is 6.41. The van der Waals surface area contributed by atoms with Crippen LogP contribution in [-0.4, -0.2) is 49.7 Å². The summed E-state index contributed by atoms with van der Waals surface area (Å²) >= 11 is 0. The fourth-order valence-electron chi connectivity index (χ4n) is 3.10. The molecule has 2 fully saturated rings. The molecule has 1 aliphatic carbocycles. The van der Waals surface area contributed by atoms with Crippen LogP contribution in [0.2, 0.25) is 0 Å². The summed E-state index contributed by atoms with van der Waals surface area (Å²) in [4.78, 5) is 0. The lowest BCUT2D eigenvalue weighted by atomic mass is 9.90. The van der Waals surface area contributed by atoms with E-state index < -0.39 is 10.0 Å². The average molecular weight is 289 g/mol. The van der Waals surface area contributed by atoms with Crippen molar-refractivity contribution in [2.75, 3.05) is 18.8 Å². The average Bonchev–Trinajstić information content (AvgIpc) is 2.42. The lowest BCUT2D eigenvalue weighted by molar-refractivity contribution is 0.246. The van der Waals surface area contributed by atoms with Crippen molar-refractivity contribution in [1.29, 1.82) is 0 Å². The molecular formula is C13H27N3O2S. The van der Waals surface area contributed by atoms with Crippen LogP contribution >= 0.6 is 0 Å². The Bertz CT molecular complexity index is 369. The van der Waals surface area contributed by atoms with E-state index in [1.165, 1.54) is 0 Å². The second kappa shape index (κ2) is 6.52. The van der Waals surface area contributed by atoms with Gasteiger partial charge < -0.3 is 11.1 Å². The minimum Gasteiger partial charge on any atom is -0.328 e. The molecule has 0 radical (unpaired) electrons. The molecule has 6 heteroatoms. The summed E-state index contributed by atoms with van der Waals surface area (Å²) in [7, 11) is -3.00. The van der Waals surface area contributed by atoms with Crippen molar-refractivity contribution in [1.82, 2.24) is 9.62 Å². The maximum Gasteiger partial charge on any atom is 0.213 e. The summed E-state index contributed by atoms with van der Waals surface area (Å²) in [6, 6.07) is 1.44. The molecule has 0 aromatic heterocycles. The zero-order valence-corrected chi connectivity index (χ0v) is 12.7. The van der Waals surface area contributed by atoms with Gasteiger partial charge in [0.2, 0.25) is 10.0 Å². The highest BCUT2D eigenvalue weighted by Crippen LogP contribution is 2.20. The Balaban J connectivity index is 1.75. The molecule has 0 aromatic rings. The molecule has 0 bridgehead atoms. The Hall–Kier alpha value is -0.170. The molecule has 5 nitrogen and oxygen atoms in total. The van der Waals surface area contributed by atoms with Gasteiger partial charge in [-0.2, -0.15) is 0 Å². The van der Waals surface area contributed by atoms with E-state index in [0.29, 0.717) is 31.2 Å². The van der Waals surface area contributed by atoms with Gasteiger partial charge >= 0.3 is 0 Å². The SMILES string of the molecule is CCS(=O)(=O)N1CCC(NC2CCC(N)CC2)CC1. The third kappa shape index (κ3) is 4.15. The molecule has 112 valence electrons. The van der Waals surface area contributed by atoms with E-state index in [1.54, 1.807) is 11.2 Å². The van der Waals surface area contributed by atoms with E-state index in [9.17, 15) is 8.42 Å². The van der Waals surface area contributed by atoms with Crippen LogP contribution in [0.1, 0.15) is 45.4 Å². The van der Waals surface area contributed by atoms with Crippen molar-refractivity contribution < 1.29 is 8.42 Å². The summed E-state index contributed by atoms with van der Waals surface area (Å²) in [5, 5.41) is 3.69. The quantitative estimate of drug-likeness (QED) is 0.797. The van der Waals surface area contributed by atoms with Crippen molar-refractivity contribution in [3.05, 3.63) is 0 Å². The minimum absolute atomic E-state index is 0.214. The maximum atomic E-state index is 11.8. The topological polar surface area (TPSA) is 75.4 Å². The number of nitrogens with zero attached hydrogens (tertiary/aromatic N) is 1. The Morgan fingerprint density at radius 3 is 2.11 bits per heavy atom. The summed E-state index contributed by atoms with van der Waals surface area (Å²) in [5.41, 5.74) is 5.91. The van der Waals surface area contributed by atoms with E-state index in [2.05, 4.69) is 5.32 Å². The van der Waals surface area contributed by atoms with Crippen LogP contribution in [0, 0.1) is 0 Å². The zero-order chi connectivity index (χ0) is 13.9. The van der Waals surface area contributed by atoms with E-state index in [-0.39, 0.29) is 5.75 Å². The standard InChI is InChI=1S/C13H27N3O2S/c1-2-19(17,18)16-9-7-13(8-10-16)15-12-5-3-11(14)4-6-12/h11-13,15H,2-10,14H2,1H3. The predicted molar refractivity (Wildman–Crippen MR) is 77.4 cm³/mol. The number of nitrogens with one attached hydrogen (secondary N) is 1. The Labute approximate surface area is 117 Å². The van der Waals surface area contributed by atoms with E-state index in [0.717, 1.165) is 38.5 Å². The normalized spacial score (nSPS) is 31.5. The lowest BCUT2D eigenvalue weighted by Gasteiger charge is -2.35. The van der Waals surface area contributed by atoms with Gasteiger partial charge in [-0.1, -0.05) is 0 Å². The highest BCUT2D eigenvalue weighted by molar-refractivity contribution is 7.89. The minimum atomic E-state index is -3.00. The largest absolute Gasteiger partial charge is 0.328 e.